The SMILES string of the molecule is CCSc1nnc(SCC(=O)Nc2cccc3c2C(=O)c2ccccc2C3=O)s1. The molecule has 0 radical (unpaired) electrons. The molecule has 0 bridgehead atoms. The molecule has 1 heterocycles. The molecule has 9 heteroatoms. The highest BCUT2D eigenvalue weighted by atomic mass is 32.2. The first-order chi connectivity index (χ1) is 14.1. The molecule has 0 saturated heterocycles. The van der Waals surface area contributed by atoms with E-state index in [4.69, 9.17) is 0 Å². The summed E-state index contributed by atoms with van der Waals surface area (Å²) < 4.78 is 1.58. The zero-order valence-corrected chi connectivity index (χ0v) is 17.7. The number of carbonyl (C=O) groups is 3. The fraction of sp³-hybridized carbons (Fsp3) is 0.150. The van der Waals surface area contributed by atoms with Crippen LogP contribution in [0.2, 0.25) is 0 Å². The van der Waals surface area contributed by atoms with Crippen molar-refractivity contribution in [2.24, 2.45) is 0 Å². The number of ketones is 2. The molecule has 0 aliphatic heterocycles. The first-order valence-electron chi connectivity index (χ1n) is 8.79. The minimum atomic E-state index is -0.276. The van der Waals surface area contributed by atoms with Gasteiger partial charge in [0.25, 0.3) is 0 Å². The van der Waals surface area contributed by atoms with Gasteiger partial charge in [-0.25, -0.2) is 0 Å². The summed E-state index contributed by atoms with van der Waals surface area (Å²) in [7, 11) is 0. The molecule has 0 spiro atoms. The summed E-state index contributed by atoms with van der Waals surface area (Å²) in [6.45, 7) is 2.04. The van der Waals surface area contributed by atoms with Crippen molar-refractivity contribution >= 4 is 58.0 Å². The highest BCUT2D eigenvalue weighted by molar-refractivity contribution is 8.03. The fourth-order valence-corrected chi connectivity index (χ4v) is 5.72. The number of anilines is 1. The molecule has 1 N–H and O–H groups in total. The van der Waals surface area contributed by atoms with Gasteiger partial charge >= 0.3 is 0 Å². The zero-order chi connectivity index (χ0) is 20.4. The van der Waals surface area contributed by atoms with Gasteiger partial charge in [0.2, 0.25) is 5.91 Å². The zero-order valence-electron chi connectivity index (χ0n) is 15.3. The van der Waals surface area contributed by atoms with E-state index in [-0.39, 0.29) is 28.8 Å². The van der Waals surface area contributed by atoms with E-state index in [0.717, 1.165) is 10.1 Å². The second-order valence-electron chi connectivity index (χ2n) is 6.04. The molecule has 146 valence electrons. The van der Waals surface area contributed by atoms with Crippen molar-refractivity contribution in [1.82, 2.24) is 10.2 Å². The Morgan fingerprint density at radius 3 is 2.31 bits per heavy atom. The Balaban J connectivity index is 1.52. The Morgan fingerprint density at radius 2 is 1.59 bits per heavy atom. The Labute approximate surface area is 179 Å². The number of rotatable bonds is 6. The van der Waals surface area contributed by atoms with Gasteiger partial charge in [-0.05, 0) is 11.8 Å². The number of hydrogen-bond donors (Lipinski definition) is 1. The van der Waals surface area contributed by atoms with E-state index in [1.807, 2.05) is 6.92 Å². The van der Waals surface area contributed by atoms with Crippen LogP contribution in [-0.2, 0) is 4.79 Å². The third kappa shape index (κ3) is 3.98. The van der Waals surface area contributed by atoms with Crippen LogP contribution < -0.4 is 5.32 Å². The maximum Gasteiger partial charge on any atom is 0.234 e. The average molecular weight is 442 g/mol. The Kier molecular flexibility index (Phi) is 5.79. The summed E-state index contributed by atoms with van der Waals surface area (Å²) in [4.78, 5) is 38.2. The smallest absolute Gasteiger partial charge is 0.234 e. The van der Waals surface area contributed by atoms with Crippen molar-refractivity contribution in [2.75, 3.05) is 16.8 Å². The predicted molar refractivity (Wildman–Crippen MR) is 115 cm³/mol. The lowest BCUT2D eigenvalue weighted by Gasteiger charge is -2.20. The van der Waals surface area contributed by atoms with Crippen molar-refractivity contribution in [3.63, 3.8) is 0 Å². The number of fused-ring (bicyclic) bond motifs is 2. The topological polar surface area (TPSA) is 89.0 Å². The molecule has 3 aromatic rings. The number of benzene rings is 2. The molecule has 0 atom stereocenters. The van der Waals surface area contributed by atoms with Crippen LogP contribution in [-0.4, -0.2) is 39.2 Å². The van der Waals surface area contributed by atoms with Gasteiger partial charge < -0.3 is 5.32 Å². The van der Waals surface area contributed by atoms with Crippen molar-refractivity contribution in [1.29, 1.82) is 0 Å². The Hall–Kier alpha value is -2.49. The number of carbonyl (C=O) groups excluding carboxylic acids is 3. The molecule has 1 aliphatic rings. The minimum Gasteiger partial charge on any atom is -0.325 e. The van der Waals surface area contributed by atoms with E-state index in [0.29, 0.717) is 26.7 Å². The third-order valence-corrected chi connectivity index (χ3v) is 7.28. The van der Waals surface area contributed by atoms with Crippen LogP contribution in [0.3, 0.4) is 0 Å². The molecular weight excluding hydrogens is 426 g/mol. The van der Waals surface area contributed by atoms with Crippen LogP contribution in [0.5, 0.6) is 0 Å². The lowest BCUT2D eigenvalue weighted by molar-refractivity contribution is -0.113. The van der Waals surface area contributed by atoms with Crippen LogP contribution in [0.1, 0.15) is 38.8 Å². The largest absolute Gasteiger partial charge is 0.325 e. The van der Waals surface area contributed by atoms with E-state index in [9.17, 15) is 14.4 Å². The Bertz CT molecular complexity index is 1130. The summed E-state index contributed by atoms with van der Waals surface area (Å²) >= 11 is 4.34. The summed E-state index contributed by atoms with van der Waals surface area (Å²) in [6.07, 6.45) is 0. The van der Waals surface area contributed by atoms with Crippen LogP contribution in [0, 0.1) is 0 Å². The molecule has 1 amide bonds. The lowest BCUT2D eigenvalue weighted by atomic mass is 9.83. The summed E-state index contributed by atoms with van der Waals surface area (Å²) in [6, 6.07) is 11.7. The maximum atomic E-state index is 13.0. The minimum absolute atomic E-state index is 0.133. The van der Waals surface area contributed by atoms with Crippen molar-refractivity contribution in [3.8, 4) is 0 Å². The predicted octanol–water partition coefficient (Wildman–Crippen LogP) is 4.16. The molecule has 6 nitrogen and oxygen atoms in total. The monoisotopic (exact) mass is 441 g/mol. The Morgan fingerprint density at radius 1 is 0.931 bits per heavy atom. The van der Waals surface area contributed by atoms with Gasteiger partial charge in [-0.1, -0.05) is 78.2 Å². The van der Waals surface area contributed by atoms with E-state index < -0.39 is 0 Å². The molecular formula is C20H15N3O3S3. The lowest BCUT2D eigenvalue weighted by Crippen LogP contribution is -2.24. The second-order valence-corrected chi connectivity index (χ2v) is 9.75. The van der Waals surface area contributed by atoms with E-state index >= 15 is 0 Å². The number of nitrogens with zero attached hydrogens (tertiary/aromatic N) is 2. The van der Waals surface area contributed by atoms with Gasteiger partial charge in [-0.2, -0.15) is 0 Å². The van der Waals surface area contributed by atoms with Crippen LogP contribution in [0.15, 0.2) is 51.1 Å². The van der Waals surface area contributed by atoms with Crippen LogP contribution in [0.25, 0.3) is 0 Å². The molecule has 4 rings (SSSR count). The third-order valence-electron chi connectivity index (χ3n) is 4.21. The highest BCUT2D eigenvalue weighted by Gasteiger charge is 2.31. The van der Waals surface area contributed by atoms with Gasteiger partial charge in [0.15, 0.2) is 20.2 Å². The number of thioether (sulfide) groups is 2. The summed E-state index contributed by atoms with van der Waals surface area (Å²) in [5, 5.41) is 10.9. The van der Waals surface area contributed by atoms with Crippen molar-refractivity contribution < 1.29 is 14.4 Å². The molecule has 0 saturated carbocycles. The number of aromatic nitrogens is 2. The summed E-state index contributed by atoms with van der Waals surface area (Å²) in [5.41, 5.74) is 1.65. The van der Waals surface area contributed by atoms with Gasteiger partial charge in [0.05, 0.1) is 17.0 Å². The van der Waals surface area contributed by atoms with Crippen LogP contribution >= 0.6 is 34.9 Å². The molecule has 1 aromatic heterocycles. The van der Waals surface area contributed by atoms with E-state index in [1.165, 1.54) is 23.1 Å². The summed E-state index contributed by atoms with van der Waals surface area (Å²) in [5.74, 6) is 0.296. The number of amides is 1. The standard InChI is InChI=1S/C20H15N3O3S3/c1-2-27-19-22-23-20(29-19)28-10-15(24)21-14-9-5-8-13-16(14)18(26)12-7-4-3-6-11(12)17(13)25/h3-9H,2,10H2,1H3,(H,21,24). The molecule has 1 aliphatic carbocycles. The number of hydrogen-bond acceptors (Lipinski definition) is 8. The second kappa shape index (κ2) is 8.48. The maximum absolute atomic E-state index is 13.0. The van der Waals surface area contributed by atoms with E-state index in [1.54, 1.807) is 54.2 Å². The molecule has 0 fully saturated rings. The van der Waals surface area contributed by atoms with Gasteiger partial charge in [0, 0.05) is 16.7 Å². The normalized spacial score (nSPS) is 12.4. The van der Waals surface area contributed by atoms with E-state index in [2.05, 4.69) is 15.5 Å². The highest BCUT2D eigenvalue weighted by Crippen LogP contribution is 2.32. The fourth-order valence-electron chi connectivity index (χ4n) is 3.00. The van der Waals surface area contributed by atoms with Gasteiger partial charge in [-0.3, -0.25) is 14.4 Å². The quantitative estimate of drug-likeness (QED) is 0.450. The number of nitrogens with one attached hydrogen (secondary N) is 1. The van der Waals surface area contributed by atoms with Gasteiger partial charge in [0.1, 0.15) is 0 Å². The first kappa shape index (κ1) is 19.8. The van der Waals surface area contributed by atoms with Crippen molar-refractivity contribution in [2.45, 2.75) is 15.6 Å². The van der Waals surface area contributed by atoms with Crippen LogP contribution in [0.4, 0.5) is 5.69 Å². The van der Waals surface area contributed by atoms with Gasteiger partial charge in [-0.15, -0.1) is 10.2 Å². The van der Waals surface area contributed by atoms with Crippen molar-refractivity contribution in [3.05, 3.63) is 64.7 Å². The first-order valence-corrected chi connectivity index (χ1v) is 11.6. The molecule has 2 aromatic carbocycles. The average Bonchev–Trinajstić information content (AvgIpc) is 3.18. The molecule has 29 heavy (non-hydrogen) atoms. The molecule has 0 unspecified atom stereocenters.